The molecule has 1 N–H and O–H groups in total. The largest absolute Gasteiger partial charge is 0.493 e. The molecule has 25 heavy (non-hydrogen) atoms. The molecule has 0 unspecified atom stereocenters. The van der Waals surface area contributed by atoms with E-state index in [1.807, 2.05) is 19.2 Å². The second-order valence-electron chi connectivity index (χ2n) is 5.49. The van der Waals surface area contributed by atoms with E-state index in [-0.39, 0.29) is 24.0 Å². The predicted molar refractivity (Wildman–Crippen MR) is 114 cm³/mol. The van der Waals surface area contributed by atoms with Crippen LogP contribution >= 0.6 is 24.0 Å². The number of hydrogen-bond donors (Lipinski definition) is 1. The van der Waals surface area contributed by atoms with E-state index in [4.69, 9.17) is 14.2 Å². The number of hydrogen-bond acceptors (Lipinski definition) is 4. The minimum absolute atomic E-state index is 0. The molecule has 6 nitrogen and oxygen atoms in total. The summed E-state index contributed by atoms with van der Waals surface area (Å²) in [5.41, 5.74) is 1.06. The Morgan fingerprint density at radius 1 is 1.12 bits per heavy atom. The minimum atomic E-state index is 0. The average molecular weight is 465 g/mol. The number of nitrogens with zero attached hydrogens (tertiary/aromatic N) is 2. The van der Waals surface area contributed by atoms with E-state index in [0.29, 0.717) is 17.2 Å². The number of rotatable bonds is 9. The smallest absolute Gasteiger partial charge is 0.203 e. The van der Waals surface area contributed by atoms with Gasteiger partial charge < -0.3 is 24.4 Å². The van der Waals surface area contributed by atoms with Gasteiger partial charge in [0.2, 0.25) is 5.75 Å². The number of nitrogens with one attached hydrogen (secondary N) is 1. The van der Waals surface area contributed by atoms with E-state index in [1.165, 1.54) is 6.42 Å². The topological polar surface area (TPSA) is 55.3 Å². The van der Waals surface area contributed by atoms with Crippen molar-refractivity contribution in [1.29, 1.82) is 0 Å². The molecule has 0 amide bonds. The average Bonchev–Trinajstić information content (AvgIpc) is 2.62. The summed E-state index contributed by atoms with van der Waals surface area (Å²) in [6.45, 7) is 3.94. The maximum absolute atomic E-state index is 5.52. The Labute approximate surface area is 169 Å². The first-order valence-electron chi connectivity index (χ1n) is 8.32. The molecule has 0 aromatic heterocycles. The highest BCUT2D eigenvalue weighted by Crippen LogP contribution is 2.39. The first kappa shape index (κ1) is 23.6. The normalized spacial score (nSPS) is 10.7. The van der Waals surface area contributed by atoms with Crippen molar-refractivity contribution in [1.82, 2.24) is 10.2 Å². The van der Waals surface area contributed by atoms with Crippen molar-refractivity contribution < 1.29 is 14.2 Å². The first-order valence-corrected chi connectivity index (χ1v) is 8.32. The summed E-state index contributed by atoms with van der Waals surface area (Å²) in [5.74, 6) is 2.92. The van der Waals surface area contributed by atoms with Crippen molar-refractivity contribution in [3.8, 4) is 17.2 Å². The molecular formula is C18H32IN3O3. The maximum atomic E-state index is 5.52. The highest BCUT2D eigenvalue weighted by Gasteiger charge is 2.15. The molecule has 0 spiro atoms. The lowest BCUT2D eigenvalue weighted by molar-refractivity contribution is 0.322. The van der Waals surface area contributed by atoms with Crippen molar-refractivity contribution in [3.63, 3.8) is 0 Å². The SMILES string of the molecule is CCCCN(C)C(=NC)NCCc1ccc(OC)c(OC)c1OC.I. The number of ether oxygens (including phenoxy) is 3. The van der Waals surface area contributed by atoms with E-state index >= 15 is 0 Å². The quantitative estimate of drug-likeness (QED) is 0.345. The van der Waals surface area contributed by atoms with Crippen LogP contribution in [0.2, 0.25) is 0 Å². The van der Waals surface area contributed by atoms with Crippen LogP contribution in [0.25, 0.3) is 0 Å². The van der Waals surface area contributed by atoms with Gasteiger partial charge in [0.15, 0.2) is 17.5 Å². The first-order chi connectivity index (χ1) is 11.6. The molecule has 0 aliphatic carbocycles. The van der Waals surface area contributed by atoms with Gasteiger partial charge in [0.25, 0.3) is 0 Å². The molecule has 1 aromatic carbocycles. The highest BCUT2D eigenvalue weighted by molar-refractivity contribution is 14.0. The van der Waals surface area contributed by atoms with Crippen molar-refractivity contribution in [2.24, 2.45) is 4.99 Å². The van der Waals surface area contributed by atoms with Crippen molar-refractivity contribution in [3.05, 3.63) is 17.7 Å². The van der Waals surface area contributed by atoms with E-state index in [1.54, 1.807) is 21.3 Å². The van der Waals surface area contributed by atoms with Gasteiger partial charge in [-0.25, -0.2) is 0 Å². The van der Waals surface area contributed by atoms with E-state index in [0.717, 1.165) is 37.5 Å². The summed E-state index contributed by atoms with van der Waals surface area (Å²) < 4.78 is 16.3. The lowest BCUT2D eigenvalue weighted by Gasteiger charge is -2.22. The van der Waals surface area contributed by atoms with Gasteiger partial charge in [-0.15, -0.1) is 24.0 Å². The molecule has 0 atom stereocenters. The summed E-state index contributed by atoms with van der Waals surface area (Å²) in [6, 6.07) is 3.91. The predicted octanol–water partition coefficient (Wildman–Crippen LogP) is 3.18. The van der Waals surface area contributed by atoms with Gasteiger partial charge in [-0.05, 0) is 18.9 Å². The zero-order chi connectivity index (χ0) is 17.9. The van der Waals surface area contributed by atoms with Gasteiger partial charge >= 0.3 is 0 Å². The van der Waals surface area contributed by atoms with Crippen LogP contribution in [0.15, 0.2) is 17.1 Å². The Balaban J connectivity index is 0.00000576. The third-order valence-electron chi connectivity index (χ3n) is 3.88. The van der Waals surface area contributed by atoms with Gasteiger partial charge in [-0.3, -0.25) is 4.99 Å². The maximum Gasteiger partial charge on any atom is 0.203 e. The van der Waals surface area contributed by atoms with Gasteiger partial charge in [0.05, 0.1) is 21.3 Å². The Kier molecular flexibility index (Phi) is 12.2. The molecule has 0 aliphatic heterocycles. The van der Waals surface area contributed by atoms with Crippen LogP contribution < -0.4 is 19.5 Å². The van der Waals surface area contributed by atoms with Gasteiger partial charge in [-0.1, -0.05) is 19.4 Å². The van der Waals surface area contributed by atoms with Crippen molar-refractivity contribution in [2.45, 2.75) is 26.2 Å². The van der Waals surface area contributed by atoms with Gasteiger partial charge in [-0.2, -0.15) is 0 Å². The number of halogens is 1. The van der Waals surface area contributed by atoms with E-state index < -0.39 is 0 Å². The highest BCUT2D eigenvalue weighted by atomic mass is 127. The number of aliphatic imine (C=N–C) groups is 1. The lowest BCUT2D eigenvalue weighted by Crippen LogP contribution is -2.40. The third kappa shape index (κ3) is 6.80. The fourth-order valence-corrected chi connectivity index (χ4v) is 2.55. The fraction of sp³-hybridized carbons (Fsp3) is 0.611. The van der Waals surface area contributed by atoms with Crippen LogP contribution in [0.1, 0.15) is 25.3 Å². The van der Waals surface area contributed by atoms with E-state index in [2.05, 4.69) is 29.2 Å². The summed E-state index contributed by atoms with van der Waals surface area (Å²) in [6.07, 6.45) is 3.12. The molecule has 7 heteroatoms. The van der Waals surface area contributed by atoms with Crippen molar-refractivity contribution >= 4 is 29.9 Å². The summed E-state index contributed by atoms with van der Waals surface area (Å²) in [4.78, 5) is 6.48. The number of methoxy groups -OCH3 is 3. The fourth-order valence-electron chi connectivity index (χ4n) is 2.55. The van der Waals surface area contributed by atoms with Gasteiger partial charge in [0, 0.05) is 32.7 Å². The molecule has 0 radical (unpaired) electrons. The minimum Gasteiger partial charge on any atom is -0.493 e. The lowest BCUT2D eigenvalue weighted by atomic mass is 10.1. The second-order valence-corrected chi connectivity index (χ2v) is 5.49. The zero-order valence-corrected chi connectivity index (χ0v) is 18.5. The molecule has 0 aliphatic rings. The summed E-state index contributed by atoms with van der Waals surface area (Å²) in [5, 5.41) is 3.39. The number of guanidine groups is 1. The molecule has 0 fully saturated rings. The number of benzene rings is 1. The van der Waals surface area contributed by atoms with Crippen molar-refractivity contribution in [2.75, 3.05) is 48.5 Å². The van der Waals surface area contributed by atoms with E-state index in [9.17, 15) is 0 Å². The molecule has 0 heterocycles. The van der Waals surface area contributed by atoms with Crippen LogP contribution in [-0.4, -0.2) is 59.4 Å². The van der Waals surface area contributed by atoms with Crippen LogP contribution in [-0.2, 0) is 6.42 Å². The van der Waals surface area contributed by atoms with Crippen LogP contribution in [0.3, 0.4) is 0 Å². The Bertz CT molecular complexity index is 539. The summed E-state index contributed by atoms with van der Waals surface area (Å²) >= 11 is 0. The van der Waals surface area contributed by atoms with Crippen LogP contribution in [0.4, 0.5) is 0 Å². The molecule has 1 aromatic rings. The Morgan fingerprint density at radius 2 is 1.80 bits per heavy atom. The number of unbranched alkanes of at least 4 members (excludes halogenated alkanes) is 1. The van der Waals surface area contributed by atoms with Crippen LogP contribution in [0.5, 0.6) is 17.2 Å². The zero-order valence-electron chi connectivity index (χ0n) is 16.2. The monoisotopic (exact) mass is 465 g/mol. The summed E-state index contributed by atoms with van der Waals surface area (Å²) in [7, 11) is 8.75. The standard InChI is InChI=1S/C18H31N3O3.HI/c1-7-8-13-21(3)18(19-2)20-12-11-14-9-10-15(22-4)17(24-6)16(14)23-5;/h9-10H,7-8,11-13H2,1-6H3,(H,19,20);1H. The second kappa shape index (κ2) is 12.9. The van der Waals surface area contributed by atoms with Gasteiger partial charge in [0.1, 0.15) is 0 Å². The Morgan fingerprint density at radius 3 is 2.32 bits per heavy atom. The molecule has 1 rings (SSSR count). The third-order valence-corrected chi connectivity index (χ3v) is 3.88. The Hall–Kier alpha value is -1.38. The van der Waals surface area contributed by atoms with Crippen LogP contribution in [0, 0.1) is 0 Å². The molecular weight excluding hydrogens is 433 g/mol. The molecule has 0 bridgehead atoms. The molecule has 0 saturated carbocycles. The molecule has 0 saturated heterocycles. The molecule has 144 valence electrons.